The van der Waals surface area contributed by atoms with E-state index in [0.717, 1.165) is 12.8 Å². The minimum Gasteiger partial charge on any atom is -0.294 e. The highest BCUT2D eigenvalue weighted by Gasteiger charge is 2.09. The Bertz CT molecular complexity index is 427. The molecule has 170 valence electrons. The molecule has 0 aromatic rings. The fourth-order valence-electron chi connectivity index (χ4n) is 3.31. The summed E-state index contributed by atoms with van der Waals surface area (Å²) in [5, 5.41) is 5.43. The molecule has 6 nitrogen and oxygen atoms in total. The van der Waals surface area contributed by atoms with Crippen molar-refractivity contribution in [2.24, 2.45) is 10.9 Å². The van der Waals surface area contributed by atoms with Crippen molar-refractivity contribution in [2.75, 3.05) is 7.05 Å². The highest BCUT2D eigenvalue weighted by Crippen LogP contribution is 2.13. The molecular formula is C23H46N4O2. The van der Waals surface area contributed by atoms with Gasteiger partial charge in [-0.3, -0.25) is 15.0 Å². The second-order valence-electron chi connectivity index (χ2n) is 8.02. The van der Waals surface area contributed by atoms with E-state index in [1.54, 1.807) is 13.3 Å². The van der Waals surface area contributed by atoms with Crippen LogP contribution in [0.1, 0.15) is 122 Å². The van der Waals surface area contributed by atoms with Crippen molar-refractivity contribution in [2.45, 2.75) is 122 Å². The first-order valence-corrected chi connectivity index (χ1v) is 11.9. The quantitative estimate of drug-likeness (QED) is 0.0918. The van der Waals surface area contributed by atoms with E-state index >= 15 is 0 Å². The first kappa shape index (κ1) is 27.6. The van der Waals surface area contributed by atoms with Gasteiger partial charge in [-0.25, -0.2) is 10.9 Å². The standard InChI is InChI=1S/C23H46N4O2/c1-3-4-5-6-7-8-9-10-11-12-13-14-15-16-17-18-21-25-27(2)23(29)20-19-22(28)26-24/h21H,3-20,24H2,1-2H3,(H,26,28). The van der Waals surface area contributed by atoms with Crippen LogP contribution in [-0.2, 0) is 9.59 Å². The third kappa shape index (κ3) is 19.7. The highest BCUT2D eigenvalue weighted by molar-refractivity contribution is 5.83. The van der Waals surface area contributed by atoms with Crippen molar-refractivity contribution >= 4 is 18.0 Å². The molecule has 0 aliphatic heterocycles. The van der Waals surface area contributed by atoms with Gasteiger partial charge >= 0.3 is 0 Å². The number of hydrogen-bond donors (Lipinski definition) is 2. The van der Waals surface area contributed by atoms with Crippen LogP contribution in [0.2, 0.25) is 0 Å². The maximum Gasteiger partial charge on any atom is 0.242 e. The molecule has 0 unspecified atom stereocenters. The molecule has 29 heavy (non-hydrogen) atoms. The molecule has 0 aliphatic rings. The SMILES string of the molecule is CCCCCCCCCCCCCCCCCC=NN(C)C(=O)CCC(=O)NN. The maximum atomic E-state index is 11.8. The molecule has 3 N–H and O–H groups in total. The average Bonchev–Trinajstić information content (AvgIpc) is 2.73. The van der Waals surface area contributed by atoms with E-state index in [9.17, 15) is 9.59 Å². The Kier molecular flexibility index (Phi) is 20.2. The normalized spacial score (nSPS) is 11.1. The van der Waals surface area contributed by atoms with E-state index in [1.165, 1.54) is 94.9 Å². The van der Waals surface area contributed by atoms with Crippen LogP contribution in [0.3, 0.4) is 0 Å². The van der Waals surface area contributed by atoms with Gasteiger partial charge in [0.25, 0.3) is 0 Å². The summed E-state index contributed by atoms with van der Waals surface area (Å²) < 4.78 is 0. The van der Waals surface area contributed by atoms with Crippen LogP contribution in [0.4, 0.5) is 0 Å². The number of nitrogens with one attached hydrogen (secondary N) is 1. The van der Waals surface area contributed by atoms with Gasteiger partial charge in [0.05, 0.1) is 0 Å². The van der Waals surface area contributed by atoms with Crippen molar-refractivity contribution in [1.29, 1.82) is 0 Å². The third-order valence-electron chi connectivity index (χ3n) is 5.28. The molecule has 0 fully saturated rings. The van der Waals surface area contributed by atoms with Crippen LogP contribution in [0, 0.1) is 0 Å². The van der Waals surface area contributed by atoms with Gasteiger partial charge in [-0.1, -0.05) is 96.8 Å². The second kappa shape index (κ2) is 21.3. The van der Waals surface area contributed by atoms with E-state index in [4.69, 9.17) is 5.84 Å². The zero-order chi connectivity index (χ0) is 21.6. The predicted molar refractivity (Wildman–Crippen MR) is 122 cm³/mol. The Morgan fingerprint density at radius 2 is 1.24 bits per heavy atom. The van der Waals surface area contributed by atoms with Crippen molar-refractivity contribution in [3.8, 4) is 0 Å². The van der Waals surface area contributed by atoms with Gasteiger partial charge in [0, 0.05) is 26.1 Å². The van der Waals surface area contributed by atoms with Gasteiger partial charge in [0.2, 0.25) is 11.8 Å². The van der Waals surface area contributed by atoms with E-state index in [0.29, 0.717) is 0 Å². The molecule has 0 atom stereocenters. The monoisotopic (exact) mass is 410 g/mol. The predicted octanol–water partition coefficient (Wildman–Crippen LogP) is 5.46. The minimum absolute atomic E-state index is 0.0915. The lowest BCUT2D eigenvalue weighted by Crippen LogP contribution is -2.31. The van der Waals surface area contributed by atoms with Gasteiger partial charge < -0.3 is 0 Å². The van der Waals surface area contributed by atoms with Crippen LogP contribution < -0.4 is 11.3 Å². The molecule has 0 saturated carbocycles. The number of amides is 2. The lowest BCUT2D eigenvalue weighted by Gasteiger charge is -2.10. The van der Waals surface area contributed by atoms with Crippen molar-refractivity contribution < 1.29 is 9.59 Å². The topological polar surface area (TPSA) is 87.8 Å². The summed E-state index contributed by atoms with van der Waals surface area (Å²) in [7, 11) is 1.62. The fourth-order valence-corrected chi connectivity index (χ4v) is 3.31. The summed E-state index contributed by atoms with van der Waals surface area (Å²) >= 11 is 0. The zero-order valence-corrected chi connectivity index (χ0v) is 19.1. The fraction of sp³-hybridized carbons (Fsp3) is 0.870. The molecule has 0 aromatic heterocycles. The van der Waals surface area contributed by atoms with Crippen LogP contribution in [-0.4, -0.2) is 30.1 Å². The summed E-state index contributed by atoms with van der Waals surface area (Å²) in [6.07, 6.45) is 23.3. The van der Waals surface area contributed by atoms with E-state index in [1.807, 2.05) is 5.43 Å². The van der Waals surface area contributed by atoms with Crippen molar-refractivity contribution in [1.82, 2.24) is 10.4 Å². The van der Waals surface area contributed by atoms with Gasteiger partial charge in [0.1, 0.15) is 0 Å². The highest BCUT2D eigenvalue weighted by atomic mass is 16.2. The number of hydrazone groups is 1. The average molecular weight is 411 g/mol. The molecule has 0 bridgehead atoms. The Morgan fingerprint density at radius 3 is 1.69 bits per heavy atom. The molecule has 0 heterocycles. The molecule has 0 rings (SSSR count). The van der Waals surface area contributed by atoms with Gasteiger partial charge in [-0.15, -0.1) is 0 Å². The minimum atomic E-state index is -0.339. The maximum absolute atomic E-state index is 11.8. The molecule has 0 saturated heterocycles. The summed E-state index contributed by atoms with van der Waals surface area (Å²) in [4.78, 5) is 22.8. The smallest absolute Gasteiger partial charge is 0.242 e. The largest absolute Gasteiger partial charge is 0.294 e. The van der Waals surface area contributed by atoms with Gasteiger partial charge in [-0.2, -0.15) is 5.10 Å². The molecule has 2 amide bonds. The molecule has 0 radical (unpaired) electrons. The molecular weight excluding hydrogens is 364 g/mol. The van der Waals surface area contributed by atoms with Crippen molar-refractivity contribution in [3.63, 3.8) is 0 Å². The Labute approximate surface area is 179 Å². The van der Waals surface area contributed by atoms with E-state index < -0.39 is 0 Å². The molecule has 0 aliphatic carbocycles. The number of hydrogen-bond acceptors (Lipinski definition) is 4. The number of nitrogens with zero attached hydrogens (tertiary/aromatic N) is 2. The first-order valence-electron chi connectivity index (χ1n) is 11.9. The Hall–Kier alpha value is -1.43. The molecule has 6 heteroatoms. The van der Waals surface area contributed by atoms with Gasteiger partial charge in [-0.05, 0) is 12.8 Å². The first-order chi connectivity index (χ1) is 14.1. The van der Waals surface area contributed by atoms with Crippen molar-refractivity contribution in [3.05, 3.63) is 0 Å². The summed E-state index contributed by atoms with van der Waals surface area (Å²) in [5.74, 6) is 4.47. The lowest BCUT2D eigenvalue weighted by atomic mass is 10.0. The van der Waals surface area contributed by atoms with Crippen LogP contribution in [0.5, 0.6) is 0 Å². The number of rotatable bonds is 20. The Morgan fingerprint density at radius 1 is 0.793 bits per heavy atom. The van der Waals surface area contributed by atoms with E-state index in [2.05, 4.69) is 12.0 Å². The van der Waals surface area contributed by atoms with Crippen LogP contribution in [0.15, 0.2) is 5.10 Å². The molecule has 0 aromatic carbocycles. The number of carbonyl (C=O) groups excluding carboxylic acids is 2. The Balaban J connectivity index is 3.35. The number of hydrazine groups is 1. The third-order valence-corrected chi connectivity index (χ3v) is 5.28. The second-order valence-corrected chi connectivity index (χ2v) is 8.02. The molecule has 0 spiro atoms. The number of unbranched alkanes of at least 4 members (excludes halogenated alkanes) is 15. The van der Waals surface area contributed by atoms with Crippen LogP contribution in [0.25, 0.3) is 0 Å². The number of nitrogens with two attached hydrogens (primary N) is 1. The van der Waals surface area contributed by atoms with Crippen LogP contribution >= 0.6 is 0 Å². The lowest BCUT2D eigenvalue weighted by molar-refractivity contribution is -0.132. The summed E-state index contributed by atoms with van der Waals surface area (Å²) in [5.41, 5.74) is 2.01. The van der Waals surface area contributed by atoms with Gasteiger partial charge in [0.15, 0.2) is 0 Å². The van der Waals surface area contributed by atoms with E-state index in [-0.39, 0.29) is 24.7 Å². The number of carbonyl (C=O) groups is 2. The zero-order valence-electron chi connectivity index (χ0n) is 19.1. The summed E-state index contributed by atoms with van der Waals surface area (Å²) in [6.45, 7) is 2.27. The summed E-state index contributed by atoms with van der Waals surface area (Å²) in [6, 6.07) is 0.